The first kappa shape index (κ1) is 16.3. The molecule has 0 bridgehead atoms. The number of hydrogen-bond acceptors (Lipinski definition) is 3. The van der Waals surface area contributed by atoms with Crippen molar-refractivity contribution in [2.75, 3.05) is 19.6 Å². The Bertz CT molecular complexity index is 584. The lowest BCUT2D eigenvalue weighted by molar-refractivity contribution is -0.127. The molecule has 118 valence electrons. The van der Waals surface area contributed by atoms with Crippen LogP contribution in [0.1, 0.15) is 12.0 Å². The van der Waals surface area contributed by atoms with Crippen molar-refractivity contribution >= 4 is 10.0 Å². The summed E-state index contributed by atoms with van der Waals surface area (Å²) >= 11 is 0. The fraction of sp³-hybridized carbons (Fsp3) is 0.538. The molecule has 0 radical (unpaired) electrons. The van der Waals surface area contributed by atoms with Gasteiger partial charge in [0, 0.05) is 13.1 Å². The van der Waals surface area contributed by atoms with Crippen molar-refractivity contribution in [1.29, 1.82) is 0 Å². The summed E-state index contributed by atoms with van der Waals surface area (Å²) in [6, 6.07) is 4.87. The van der Waals surface area contributed by atoms with E-state index >= 15 is 0 Å². The predicted octanol–water partition coefficient (Wildman–Crippen LogP) is 1.76. The van der Waals surface area contributed by atoms with E-state index in [4.69, 9.17) is 5.73 Å². The van der Waals surface area contributed by atoms with Crippen molar-refractivity contribution in [2.24, 2.45) is 11.7 Å². The molecule has 1 heterocycles. The molecule has 1 aromatic carbocycles. The predicted molar refractivity (Wildman–Crippen MR) is 72.1 cm³/mol. The average Bonchev–Trinajstić information content (AvgIpc) is 2.87. The first-order valence-electron chi connectivity index (χ1n) is 6.58. The second-order valence-electron chi connectivity index (χ2n) is 5.19. The largest absolute Gasteiger partial charge is 0.393 e. The molecule has 1 aliphatic rings. The van der Waals surface area contributed by atoms with E-state index in [0.717, 1.165) is 0 Å². The van der Waals surface area contributed by atoms with Crippen molar-refractivity contribution in [1.82, 2.24) is 4.31 Å². The van der Waals surface area contributed by atoms with Crippen LogP contribution in [-0.2, 0) is 16.4 Å². The third-order valence-corrected chi connectivity index (χ3v) is 5.43. The van der Waals surface area contributed by atoms with Crippen LogP contribution in [0.3, 0.4) is 0 Å². The Morgan fingerprint density at radius 2 is 1.86 bits per heavy atom. The lowest BCUT2D eigenvalue weighted by Crippen LogP contribution is -2.30. The van der Waals surface area contributed by atoms with Gasteiger partial charge in [-0.25, -0.2) is 8.42 Å². The zero-order chi connectivity index (χ0) is 15.7. The number of benzene rings is 1. The van der Waals surface area contributed by atoms with Gasteiger partial charge in [-0.3, -0.25) is 0 Å². The topological polar surface area (TPSA) is 63.4 Å². The molecule has 1 unspecified atom stereocenters. The normalized spacial score (nSPS) is 20.9. The maximum absolute atomic E-state index is 12.4. The SMILES string of the molecule is NCC1CCN(S(=O)(=O)c2ccc(CC(F)(F)F)cc2)C1. The Balaban J connectivity index is 2.14. The van der Waals surface area contributed by atoms with Crippen molar-refractivity contribution in [3.63, 3.8) is 0 Å². The standard InChI is InChI=1S/C13H17F3N2O2S/c14-13(15,16)7-10-1-3-12(4-2-10)21(19,20)18-6-5-11(8-17)9-18/h1-4,11H,5-9,17H2. The molecule has 1 aliphatic heterocycles. The fourth-order valence-corrected chi connectivity index (χ4v) is 3.90. The Morgan fingerprint density at radius 3 is 2.33 bits per heavy atom. The van der Waals surface area contributed by atoms with Crippen molar-refractivity contribution < 1.29 is 21.6 Å². The first-order valence-corrected chi connectivity index (χ1v) is 8.02. The number of halogens is 3. The van der Waals surface area contributed by atoms with Crippen molar-refractivity contribution in [3.8, 4) is 0 Å². The number of hydrogen-bond donors (Lipinski definition) is 1. The average molecular weight is 322 g/mol. The molecule has 2 rings (SSSR count). The number of rotatable bonds is 4. The first-order chi connectivity index (χ1) is 9.72. The van der Waals surface area contributed by atoms with Crippen LogP contribution in [0.15, 0.2) is 29.2 Å². The molecule has 0 amide bonds. The summed E-state index contributed by atoms with van der Waals surface area (Å²) in [7, 11) is -3.65. The summed E-state index contributed by atoms with van der Waals surface area (Å²) in [5.74, 6) is 0.143. The van der Waals surface area contributed by atoms with E-state index in [1.54, 1.807) is 0 Å². The zero-order valence-corrected chi connectivity index (χ0v) is 12.1. The van der Waals surface area contributed by atoms with E-state index in [1.807, 2.05) is 0 Å². The molecule has 0 saturated carbocycles. The Labute approximate surface area is 121 Å². The smallest absolute Gasteiger partial charge is 0.330 e. The molecule has 0 aliphatic carbocycles. The number of alkyl halides is 3. The molecular weight excluding hydrogens is 305 g/mol. The summed E-state index contributed by atoms with van der Waals surface area (Å²) in [5, 5.41) is 0. The molecule has 1 aromatic rings. The molecule has 4 nitrogen and oxygen atoms in total. The highest BCUT2D eigenvalue weighted by Gasteiger charge is 2.32. The van der Waals surface area contributed by atoms with Gasteiger partial charge in [0.05, 0.1) is 11.3 Å². The van der Waals surface area contributed by atoms with Gasteiger partial charge in [0.25, 0.3) is 0 Å². The van der Waals surface area contributed by atoms with Crippen LogP contribution >= 0.6 is 0 Å². The van der Waals surface area contributed by atoms with Crippen LogP contribution < -0.4 is 5.73 Å². The van der Waals surface area contributed by atoms with E-state index < -0.39 is 22.6 Å². The minimum Gasteiger partial charge on any atom is -0.330 e. The van der Waals surface area contributed by atoms with Crippen molar-refractivity contribution in [2.45, 2.75) is 23.9 Å². The van der Waals surface area contributed by atoms with Crippen LogP contribution in [0.25, 0.3) is 0 Å². The molecule has 0 spiro atoms. The van der Waals surface area contributed by atoms with Crippen LogP contribution in [0.2, 0.25) is 0 Å². The fourth-order valence-electron chi connectivity index (χ4n) is 2.37. The summed E-state index contributed by atoms with van der Waals surface area (Å²) in [6.45, 7) is 1.19. The zero-order valence-electron chi connectivity index (χ0n) is 11.3. The maximum atomic E-state index is 12.4. The van der Waals surface area contributed by atoms with Gasteiger partial charge in [-0.1, -0.05) is 12.1 Å². The van der Waals surface area contributed by atoms with Gasteiger partial charge in [0.15, 0.2) is 0 Å². The quantitative estimate of drug-likeness (QED) is 0.919. The van der Waals surface area contributed by atoms with Gasteiger partial charge in [0.1, 0.15) is 0 Å². The third kappa shape index (κ3) is 3.96. The maximum Gasteiger partial charge on any atom is 0.393 e. The van der Waals surface area contributed by atoms with Gasteiger partial charge in [-0.15, -0.1) is 0 Å². The Kier molecular flexibility index (Phi) is 4.60. The summed E-state index contributed by atoms with van der Waals surface area (Å²) in [6.07, 6.45) is -4.65. The van der Waals surface area contributed by atoms with Crippen LogP contribution in [-0.4, -0.2) is 38.5 Å². The third-order valence-electron chi connectivity index (χ3n) is 3.55. The van der Waals surface area contributed by atoms with E-state index in [2.05, 4.69) is 0 Å². The van der Waals surface area contributed by atoms with Crippen molar-refractivity contribution in [3.05, 3.63) is 29.8 Å². The lowest BCUT2D eigenvalue weighted by atomic mass is 10.1. The molecule has 1 saturated heterocycles. The second kappa shape index (κ2) is 5.94. The highest BCUT2D eigenvalue weighted by molar-refractivity contribution is 7.89. The molecule has 2 N–H and O–H groups in total. The molecular formula is C13H17F3N2O2S. The minimum absolute atomic E-state index is 0.0195. The minimum atomic E-state index is -4.30. The molecule has 1 fully saturated rings. The van der Waals surface area contributed by atoms with Gasteiger partial charge >= 0.3 is 6.18 Å². The van der Waals surface area contributed by atoms with E-state index in [9.17, 15) is 21.6 Å². The second-order valence-corrected chi connectivity index (χ2v) is 7.13. The summed E-state index contributed by atoms with van der Waals surface area (Å²) in [4.78, 5) is 0.0195. The number of nitrogens with two attached hydrogens (primary N) is 1. The molecule has 21 heavy (non-hydrogen) atoms. The van der Waals surface area contributed by atoms with E-state index in [0.29, 0.717) is 26.1 Å². The lowest BCUT2D eigenvalue weighted by Gasteiger charge is -2.16. The van der Waals surface area contributed by atoms with Gasteiger partial charge in [-0.05, 0) is 36.6 Å². The summed E-state index contributed by atoms with van der Waals surface area (Å²) < 4.78 is 62.8. The molecule has 8 heteroatoms. The van der Waals surface area contributed by atoms with Crippen LogP contribution in [0, 0.1) is 5.92 Å². The number of sulfonamides is 1. The van der Waals surface area contributed by atoms with E-state index in [-0.39, 0.29) is 16.4 Å². The van der Waals surface area contributed by atoms with Crippen LogP contribution in [0.4, 0.5) is 13.2 Å². The molecule has 0 aromatic heterocycles. The highest BCUT2D eigenvalue weighted by Crippen LogP contribution is 2.26. The molecule has 1 atom stereocenters. The van der Waals surface area contributed by atoms with Gasteiger partial charge in [0.2, 0.25) is 10.0 Å². The highest BCUT2D eigenvalue weighted by atomic mass is 32.2. The van der Waals surface area contributed by atoms with E-state index in [1.165, 1.54) is 28.6 Å². The Hall–Kier alpha value is -1.12. The van der Waals surface area contributed by atoms with Gasteiger partial charge < -0.3 is 5.73 Å². The number of nitrogens with zero attached hydrogens (tertiary/aromatic N) is 1. The Morgan fingerprint density at radius 1 is 1.24 bits per heavy atom. The van der Waals surface area contributed by atoms with Gasteiger partial charge in [-0.2, -0.15) is 17.5 Å². The summed E-state index contributed by atoms with van der Waals surface area (Å²) in [5.41, 5.74) is 5.57. The monoisotopic (exact) mass is 322 g/mol. The van der Waals surface area contributed by atoms with Crippen LogP contribution in [0.5, 0.6) is 0 Å².